The third-order valence-electron chi connectivity index (χ3n) is 11.1. The molecule has 0 aromatic rings. The minimum absolute atomic E-state index is 0.246. The molecule has 4 saturated carbocycles. The Morgan fingerprint density at radius 3 is 2.58 bits per heavy atom. The Morgan fingerprint density at radius 1 is 0.968 bits per heavy atom. The Morgan fingerprint density at radius 2 is 1.77 bits per heavy atom. The molecule has 0 bridgehead atoms. The first-order valence-corrected chi connectivity index (χ1v) is 13.9. The Balaban J connectivity index is 1.34. The predicted molar refractivity (Wildman–Crippen MR) is 130 cm³/mol. The van der Waals surface area contributed by atoms with Crippen molar-refractivity contribution in [2.24, 2.45) is 52.1 Å². The van der Waals surface area contributed by atoms with Crippen LogP contribution in [0.15, 0.2) is 0 Å². The molecule has 0 radical (unpaired) electrons. The van der Waals surface area contributed by atoms with E-state index in [4.69, 9.17) is 5.73 Å². The van der Waals surface area contributed by atoms with Crippen molar-refractivity contribution in [3.63, 3.8) is 0 Å². The van der Waals surface area contributed by atoms with Crippen molar-refractivity contribution >= 4 is 5.91 Å². The molecule has 4 fully saturated rings. The van der Waals surface area contributed by atoms with E-state index in [9.17, 15) is 4.79 Å². The quantitative estimate of drug-likeness (QED) is 0.443. The summed E-state index contributed by atoms with van der Waals surface area (Å²) in [4.78, 5) is 12.3. The second-order valence-corrected chi connectivity index (χ2v) is 12.5. The molecule has 178 valence electrons. The summed E-state index contributed by atoms with van der Waals surface area (Å²) in [5.41, 5.74) is 6.72. The Labute approximate surface area is 192 Å². The Bertz CT molecular complexity index is 620. The molecule has 31 heavy (non-hydrogen) atoms. The molecule has 3 heteroatoms. The average Bonchev–Trinajstić information content (AvgIpc) is 3.12. The average molecular weight is 431 g/mol. The molecule has 4 aliphatic carbocycles. The molecule has 3 N–H and O–H groups in total. The van der Waals surface area contributed by atoms with Crippen LogP contribution in [0.2, 0.25) is 0 Å². The molecule has 0 aliphatic heterocycles. The van der Waals surface area contributed by atoms with Crippen LogP contribution in [-0.4, -0.2) is 19.0 Å². The standard InChI is InChI=1S/C28H50N2O/c1-20(9-14-26(31)30-19-7-6-18-29)23-12-13-24-22-11-10-21-8-4-5-16-27(21,2)25(22)15-17-28(23,24)3/h20-25H,4-19,29H2,1-3H3,(H,30,31)/t20-,21?,22+,23-,24+,25+,27+,28-/m1/s1. The molecular formula is C28H50N2O. The molecule has 4 rings (SSSR count). The van der Waals surface area contributed by atoms with Gasteiger partial charge in [0.15, 0.2) is 0 Å². The molecule has 0 heterocycles. The van der Waals surface area contributed by atoms with Gasteiger partial charge in [0.05, 0.1) is 0 Å². The number of nitrogens with one attached hydrogen (secondary N) is 1. The lowest BCUT2D eigenvalue weighted by Crippen LogP contribution is -2.53. The molecule has 4 aliphatic rings. The van der Waals surface area contributed by atoms with E-state index in [1.807, 2.05) is 0 Å². The van der Waals surface area contributed by atoms with Gasteiger partial charge in [0.1, 0.15) is 0 Å². The van der Waals surface area contributed by atoms with Crippen molar-refractivity contribution < 1.29 is 4.79 Å². The zero-order valence-electron chi connectivity index (χ0n) is 20.8. The largest absolute Gasteiger partial charge is 0.356 e. The first-order valence-electron chi connectivity index (χ1n) is 13.9. The lowest BCUT2D eigenvalue weighted by molar-refractivity contribution is -0.122. The van der Waals surface area contributed by atoms with Crippen molar-refractivity contribution in [3.05, 3.63) is 0 Å². The van der Waals surface area contributed by atoms with Crippen LogP contribution in [0.5, 0.6) is 0 Å². The molecule has 0 aromatic heterocycles. The number of carbonyl (C=O) groups is 1. The first-order chi connectivity index (χ1) is 14.9. The van der Waals surface area contributed by atoms with Crippen LogP contribution < -0.4 is 11.1 Å². The highest BCUT2D eigenvalue weighted by Gasteiger charge is 2.60. The van der Waals surface area contributed by atoms with Gasteiger partial charge >= 0.3 is 0 Å². The van der Waals surface area contributed by atoms with Crippen LogP contribution in [-0.2, 0) is 4.79 Å². The Hall–Kier alpha value is -0.570. The monoisotopic (exact) mass is 430 g/mol. The summed E-state index contributed by atoms with van der Waals surface area (Å²) in [6, 6.07) is 0. The van der Waals surface area contributed by atoms with Crippen LogP contribution >= 0.6 is 0 Å². The summed E-state index contributed by atoms with van der Waals surface area (Å²) in [5.74, 6) is 5.69. The summed E-state index contributed by atoms with van der Waals surface area (Å²) in [6.07, 6.45) is 18.5. The highest BCUT2D eigenvalue weighted by molar-refractivity contribution is 5.75. The number of amides is 1. The Kier molecular flexibility index (Phi) is 7.41. The second-order valence-electron chi connectivity index (χ2n) is 12.5. The van der Waals surface area contributed by atoms with Gasteiger partial charge < -0.3 is 11.1 Å². The highest BCUT2D eigenvalue weighted by atomic mass is 16.1. The van der Waals surface area contributed by atoms with Gasteiger partial charge in [-0.05, 0) is 124 Å². The lowest BCUT2D eigenvalue weighted by Gasteiger charge is -2.61. The third-order valence-corrected chi connectivity index (χ3v) is 11.1. The molecule has 1 unspecified atom stereocenters. The summed E-state index contributed by atoms with van der Waals surface area (Å²) < 4.78 is 0. The fourth-order valence-corrected chi connectivity index (χ4v) is 9.42. The maximum absolute atomic E-state index is 12.3. The van der Waals surface area contributed by atoms with Gasteiger partial charge in [-0.2, -0.15) is 0 Å². The summed E-state index contributed by atoms with van der Waals surface area (Å²) >= 11 is 0. The zero-order valence-corrected chi connectivity index (χ0v) is 20.8. The maximum atomic E-state index is 12.3. The third kappa shape index (κ3) is 4.46. The number of hydrogen-bond acceptors (Lipinski definition) is 2. The fraction of sp³-hybridized carbons (Fsp3) is 0.964. The van der Waals surface area contributed by atoms with E-state index in [-0.39, 0.29) is 5.91 Å². The smallest absolute Gasteiger partial charge is 0.220 e. The van der Waals surface area contributed by atoms with Crippen LogP contribution in [0.4, 0.5) is 0 Å². The topological polar surface area (TPSA) is 55.1 Å². The predicted octanol–water partition coefficient (Wildman–Crippen LogP) is 6.31. The SMILES string of the molecule is C[C@H](CCC(=O)NCCCCN)[C@H]1CC[C@H]2[C@@H]3CCC4CCCC[C@]4(C)[C@H]3CC[C@]12C. The minimum Gasteiger partial charge on any atom is -0.356 e. The number of unbranched alkanes of at least 4 members (excludes halogenated alkanes) is 1. The van der Waals surface area contributed by atoms with Crippen LogP contribution in [0.3, 0.4) is 0 Å². The number of rotatable bonds is 8. The van der Waals surface area contributed by atoms with Gasteiger partial charge in [-0.25, -0.2) is 0 Å². The second kappa shape index (κ2) is 9.74. The van der Waals surface area contributed by atoms with E-state index in [0.717, 1.165) is 61.9 Å². The van der Waals surface area contributed by atoms with Gasteiger partial charge in [0.25, 0.3) is 0 Å². The molecule has 0 spiro atoms. The van der Waals surface area contributed by atoms with E-state index in [0.29, 0.717) is 23.2 Å². The number of nitrogens with two attached hydrogens (primary N) is 1. The van der Waals surface area contributed by atoms with E-state index < -0.39 is 0 Å². The maximum Gasteiger partial charge on any atom is 0.220 e. The van der Waals surface area contributed by atoms with Crippen LogP contribution in [0.1, 0.15) is 111 Å². The lowest BCUT2D eigenvalue weighted by atomic mass is 9.44. The number of hydrogen-bond donors (Lipinski definition) is 2. The van der Waals surface area contributed by atoms with E-state index >= 15 is 0 Å². The molecule has 3 nitrogen and oxygen atoms in total. The van der Waals surface area contributed by atoms with Gasteiger partial charge in [0.2, 0.25) is 5.91 Å². The molecule has 0 saturated heterocycles. The molecule has 0 aromatic carbocycles. The summed E-state index contributed by atoms with van der Waals surface area (Å²) in [7, 11) is 0. The van der Waals surface area contributed by atoms with Gasteiger partial charge in [0, 0.05) is 13.0 Å². The zero-order chi connectivity index (χ0) is 22.1. The molecular weight excluding hydrogens is 380 g/mol. The van der Waals surface area contributed by atoms with Crippen molar-refractivity contribution in [3.8, 4) is 0 Å². The highest BCUT2D eigenvalue weighted by Crippen LogP contribution is 2.68. The van der Waals surface area contributed by atoms with Crippen LogP contribution in [0.25, 0.3) is 0 Å². The van der Waals surface area contributed by atoms with Crippen molar-refractivity contribution in [1.82, 2.24) is 5.32 Å². The van der Waals surface area contributed by atoms with E-state index in [1.165, 1.54) is 64.2 Å². The van der Waals surface area contributed by atoms with Crippen molar-refractivity contribution in [2.75, 3.05) is 13.1 Å². The normalized spacial score (nSPS) is 42.9. The van der Waals surface area contributed by atoms with Gasteiger partial charge in [-0.1, -0.05) is 33.6 Å². The van der Waals surface area contributed by atoms with Gasteiger partial charge in [-0.3, -0.25) is 4.79 Å². The number of carbonyl (C=O) groups excluding carboxylic acids is 1. The van der Waals surface area contributed by atoms with E-state index in [1.54, 1.807) is 0 Å². The van der Waals surface area contributed by atoms with Crippen LogP contribution in [0, 0.1) is 46.3 Å². The van der Waals surface area contributed by atoms with Crippen molar-refractivity contribution in [1.29, 1.82) is 0 Å². The number of fused-ring (bicyclic) bond motifs is 5. The molecule has 1 amide bonds. The summed E-state index contributed by atoms with van der Waals surface area (Å²) in [6.45, 7) is 9.31. The molecule has 8 atom stereocenters. The minimum atomic E-state index is 0.246. The summed E-state index contributed by atoms with van der Waals surface area (Å²) in [5, 5.41) is 3.10. The van der Waals surface area contributed by atoms with Gasteiger partial charge in [-0.15, -0.1) is 0 Å². The fourth-order valence-electron chi connectivity index (χ4n) is 9.42. The first kappa shape index (κ1) is 23.6. The van der Waals surface area contributed by atoms with Crippen molar-refractivity contribution in [2.45, 2.75) is 111 Å². The van der Waals surface area contributed by atoms with E-state index in [2.05, 4.69) is 26.1 Å².